The average Bonchev–Trinajstić information content (AvgIpc) is 3.21. The molecule has 2 atom stereocenters. The summed E-state index contributed by atoms with van der Waals surface area (Å²) < 4.78 is 19.5. The third-order valence-electron chi connectivity index (χ3n) is 4.64. The summed E-state index contributed by atoms with van der Waals surface area (Å²) in [6.07, 6.45) is -0.501. The van der Waals surface area contributed by atoms with Crippen LogP contribution in [0.1, 0.15) is 12.0 Å². The van der Waals surface area contributed by atoms with Crippen LogP contribution in [0.3, 0.4) is 0 Å². The Kier molecular flexibility index (Phi) is 4.63. The monoisotopic (exact) mass is 407 g/mol. The van der Waals surface area contributed by atoms with E-state index in [1.54, 1.807) is 0 Å². The Morgan fingerprint density at radius 1 is 1.32 bits per heavy atom. The summed E-state index contributed by atoms with van der Waals surface area (Å²) in [5.74, 6) is -3.64. The molecule has 2 aliphatic rings. The van der Waals surface area contributed by atoms with E-state index in [2.05, 4.69) is 10.5 Å². The SMILES string of the molecule is O=C1CC(=O)C(Cc2cc(F)c3onc(N4C[C@H](CO)SC4=O)c3c2)C(=O)N1. The minimum absolute atomic E-state index is 0.0998. The number of fused-ring (bicyclic) bond motifs is 1. The van der Waals surface area contributed by atoms with Crippen molar-refractivity contribution in [2.45, 2.75) is 18.1 Å². The molecule has 0 bridgehead atoms. The lowest BCUT2D eigenvalue weighted by Gasteiger charge is -2.19. The van der Waals surface area contributed by atoms with Gasteiger partial charge in [-0.3, -0.25) is 29.4 Å². The molecule has 1 unspecified atom stereocenters. The molecule has 0 spiro atoms. The highest BCUT2D eigenvalue weighted by Crippen LogP contribution is 2.36. The molecular weight excluding hydrogens is 393 g/mol. The molecular formula is C17H14FN3O6S. The number of carbonyl (C=O) groups excluding carboxylic acids is 4. The van der Waals surface area contributed by atoms with Crippen molar-refractivity contribution >= 4 is 51.4 Å². The number of halogens is 1. The van der Waals surface area contributed by atoms with Crippen molar-refractivity contribution in [1.29, 1.82) is 0 Å². The molecule has 0 saturated carbocycles. The quantitative estimate of drug-likeness (QED) is 0.562. The summed E-state index contributed by atoms with van der Waals surface area (Å²) in [6.45, 7) is -0.000959. The number of aliphatic hydroxyl groups excluding tert-OH is 1. The molecule has 2 N–H and O–H groups in total. The standard InChI is InChI=1S/C17H14FN3O6S/c18-11-3-7(1-9-12(23)4-13(24)19-16(9)25)2-10-14(11)27-20-15(10)21-5-8(6-22)28-17(21)26/h2-3,8-9,22H,1,4-6H2,(H,19,24,25)/t8-,9?/m1/s1. The normalized spacial score (nSPS) is 23.0. The van der Waals surface area contributed by atoms with E-state index in [0.717, 1.165) is 17.8 Å². The highest BCUT2D eigenvalue weighted by Gasteiger charge is 2.36. The van der Waals surface area contributed by atoms with Crippen molar-refractivity contribution in [3.8, 4) is 0 Å². The fourth-order valence-electron chi connectivity index (χ4n) is 3.29. The number of aliphatic hydroxyl groups is 1. The van der Waals surface area contributed by atoms with Gasteiger partial charge in [-0.05, 0) is 24.1 Å². The Labute approximate surface area is 161 Å². The van der Waals surface area contributed by atoms with E-state index in [1.807, 2.05) is 0 Å². The van der Waals surface area contributed by atoms with Crippen LogP contribution in [0.15, 0.2) is 16.7 Å². The Hall–Kier alpha value is -2.79. The van der Waals surface area contributed by atoms with Gasteiger partial charge in [0.25, 0.3) is 5.24 Å². The first-order chi connectivity index (χ1) is 13.4. The molecule has 3 amide bonds. The van der Waals surface area contributed by atoms with Gasteiger partial charge in [-0.2, -0.15) is 0 Å². The Morgan fingerprint density at radius 3 is 2.79 bits per heavy atom. The van der Waals surface area contributed by atoms with Gasteiger partial charge in [-0.25, -0.2) is 4.39 Å². The molecule has 28 heavy (non-hydrogen) atoms. The second-order valence-corrected chi connectivity index (χ2v) is 7.82. The van der Waals surface area contributed by atoms with Crippen molar-refractivity contribution < 1.29 is 33.2 Å². The second-order valence-electron chi connectivity index (χ2n) is 6.57. The number of rotatable bonds is 4. The van der Waals surface area contributed by atoms with Gasteiger partial charge in [0, 0.05) is 6.54 Å². The van der Waals surface area contributed by atoms with Gasteiger partial charge in [0.05, 0.1) is 23.7 Å². The van der Waals surface area contributed by atoms with Gasteiger partial charge in [0.15, 0.2) is 17.4 Å². The number of benzene rings is 1. The summed E-state index contributed by atoms with van der Waals surface area (Å²) in [7, 11) is 0. The zero-order valence-electron chi connectivity index (χ0n) is 14.3. The number of Topliss-reactive ketones (excluding diaryl/α,β-unsaturated/α-hetero) is 1. The van der Waals surface area contributed by atoms with Gasteiger partial charge >= 0.3 is 0 Å². The fraction of sp³-hybridized carbons (Fsp3) is 0.353. The van der Waals surface area contributed by atoms with Gasteiger partial charge < -0.3 is 9.63 Å². The van der Waals surface area contributed by atoms with Crippen molar-refractivity contribution in [3.63, 3.8) is 0 Å². The summed E-state index contributed by atoms with van der Waals surface area (Å²) in [6, 6.07) is 2.64. The molecule has 1 aromatic carbocycles. The van der Waals surface area contributed by atoms with Gasteiger partial charge in [-0.15, -0.1) is 0 Å². The highest BCUT2D eigenvalue weighted by atomic mass is 32.2. The van der Waals surface area contributed by atoms with Crippen LogP contribution in [0, 0.1) is 11.7 Å². The van der Waals surface area contributed by atoms with Gasteiger partial charge in [-0.1, -0.05) is 16.9 Å². The number of amides is 3. The predicted molar refractivity (Wildman–Crippen MR) is 95.1 cm³/mol. The molecule has 2 aliphatic heterocycles. The first kappa shape index (κ1) is 18.6. The Bertz CT molecular complexity index is 1000. The van der Waals surface area contributed by atoms with E-state index in [1.165, 1.54) is 11.0 Å². The highest BCUT2D eigenvalue weighted by molar-refractivity contribution is 8.14. The number of hydrogen-bond acceptors (Lipinski definition) is 8. The van der Waals surface area contributed by atoms with E-state index < -0.39 is 35.8 Å². The summed E-state index contributed by atoms with van der Waals surface area (Å²) in [4.78, 5) is 48.7. The summed E-state index contributed by atoms with van der Waals surface area (Å²) in [5, 5.41) is 14.7. The molecule has 9 nitrogen and oxygen atoms in total. The number of ketones is 1. The number of imide groups is 1. The summed E-state index contributed by atoms with van der Waals surface area (Å²) >= 11 is 0.950. The van der Waals surface area contributed by atoms with Crippen LogP contribution in [0.2, 0.25) is 0 Å². The lowest BCUT2D eigenvalue weighted by Crippen LogP contribution is -2.46. The number of nitrogens with one attached hydrogen (secondary N) is 1. The van der Waals surface area contributed by atoms with Crippen LogP contribution in [-0.2, 0) is 20.8 Å². The lowest BCUT2D eigenvalue weighted by atomic mass is 9.89. The van der Waals surface area contributed by atoms with Crippen molar-refractivity contribution in [2.75, 3.05) is 18.1 Å². The van der Waals surface area contributed by atoms with Crippen LogP contribution in [0.5, 0.6) is 0 Å². The van der Waals surface area contributed by atoms with Crippen LogP contribution in [-0.4, -0.2) is 51.5 Å². The first-order valence-electron chi connectivity index (χ1n) is 8.40. The molecule has 2 fully saturated rings. The number of thioether (sulfide) groups is 1. The molecule has 146 valence electrons. The maximum Gasteiger partial charge on any atom is 0.287 e. The van der Waals surface area contributed by atoms with Gasteiger partial charge in [0.2, 0.25) is 17.4 Å². The molecule has 0 aliphatic carbocycles. The zero-order chi connectivity index (χ0) is 20.0. The maximum absolute atomic E-state index is 14.5. The second kappa shape index (κ2) is 6.99. The molecule has 1 aromatic heterocycles. The maximum atomic E-state index is 14.5. The lowest BCUT2D eigenvalue weighted by molar-refractivity contribution is -0.143. The number of nitrogens with zero attached hydrogens (tertiary/aromatic N) is 2. The molecule has 2 saturated heterocycles. The van der Waals surface area contributed by atoms with Crippen molar-refractivity contribution in [1.82, 2.24) is 10.5 Å². The van der Waals surface area contributed by atoms with E-state index in [9.17, 15) is 28.7 Å². The van der Waals surface area contributed by atoms with Crippen LogP contribution in [0.4, 0.5) is 15.0 Å². The minimum Gasteiger partial charge on any atom is -0.395 e. The number of piperidine rings is 1. The third kappa shape index (κ3) is 3.16. The molecule has 0 radical (unpaired) electrons. The predicted octanol–water partition coefficient (Wildman–Crippen LogP) is 0.775. The Balaban J connectivity index is 1.68. The van der Waals surface area contributed by atoms with Crippen molar-refractivity contribution in [3.05, 3.63) is 23.5 Å². The molecule has 11 heteroatoms. The molecule has 4 rings (SSSR count). The number of hydrogen-bond donors (Lipinski definition) is 2. The first-order valence-corrected chi connectivity index (χ1v) is 9.28. The summed E-state index contributed by atoms with van der Waals surface area (Å²) in [5.41, 5.74) is 0.175. The van der Waals surface area contributed by atoms with Crippen molar-refractivity contribution in [2.24, 2.45) is 5.92 Å². The fourth-order valence-corrected chi connectivity index (χ4v) is 4.16. The van der Waals surface area contributed by atoms with E-state index in [0.29, 0.717) is 5.56 Å². The topological polar surface area (TPSA) is 130 Å². The van der Waals surface area contributed by atoms with E-state index in [4.69, 9.17) is 4.52 Å². The van der Waals surface area contributed by atoms with Crippen LogP contribution in [0.25, 0.3) is 11.0 Å². The number of aromatic nitrogens is 1. The third-order valence-corrected chi connectivity index (χ3v) is 5.70. The van der Waals surface area contributed by atoms with E-state index >= 15 is 0 Å². The smallest absolute Gasteiger partial charge is 0.287 e. The Morgan fingerprint density at radius 2 is 2.11 bits per heavy atom. The van der Waals surface area contributed by atoms with E-state index in [-0.39, 0.29) is 46.8 Å². The number of anilines is 1. The van der Waals surface area contributed by atoms with Crippen LogP contribution >= 0.6 is 11.8 Å². The molecule has 2 aromatic rings. The molecule has 3 heterocycles. The minimum atomic E-state index is -1.10. The largest absolute Gasteiger partial charge is 0.395 e. The number of carbonyl (C=O) groups is 4. The zero-order valence-corrected chi connectivity index (χ0v) is 15.1. The van der Waals surface area contributed by atoms with Crippen LogP contribution < -0.4 is 10.2 Å². The van der Waals surface area contributed by atoms with Gasteiger partial charge in [0.1, 0.15) is 5.92 Å². The average molecular weight is 407 g/mol.